The molecule has 0 spiro atoms. The van der Waals surface area contributed by atoms with E-state index >= 15 is 0 Å². The van der Waals surface area contributed by atoms with E-state index in [1.807, 2.05) is 39.0 Å². The van der Waals surface area contributed by atoms with Gasteiger partial charge in [-0.1, -0.05) is 6.07 Å². The molecule has 122 valence electrons. The van der Waals surface area contributed by atoms with E-state index in [9.17, 15) is 4.79 Å². The largest absolute Gasteiger partial charge is 0.493 e. The van der Waals surface area contributed by atoms with Crippen molar-refractivity contribution in [3.05, 3.63) is 51.5 Å². The molecule has 0 atom stereocenters. The molecule has 2 aromatic rings. The number of amides is 1. The molecular formula is C18H20BrNO3. The van der Waals surface area contributed by atoms with Gasteiger partial charge in [-0.2, -0.15) is 0 Å². The first kappa shape index (κ1) is 17.3. The molecule has 5 heteroatoms. The Labute approximate surface area is 144 Å². The Morgan fingerprint density at radius 3 is 2.52 bits per heavy atom. The van der Waals surface area contributed by atoms with Crippen LogP contribution in [0.25, 0.3) is 0 Å². The summed E-state index contributed by atoms with van der Waals surface area (Å²) in [5, 5.41) is 2.90. The van der Waals surface area contributed by atoms with Crippen molar-refractivity contribution < 1.29 is 14.3 Å². The number of nitrogens with one attached hydrogen (secondary N) is 1. The smallest absolute Gasteiger partial charge is 0.255 e. The van der Waals surface area contributed by atoms with Gasteiger partial charge < -0.3 is 14.8 Å². The number of rotatable bonds is 5. The zero-order chi connectivity index (χ0) is 17.0. The van der Waals surface area contributed by atoms with Gasteiger partial charge in [0.25, 0.3) is 5.91 Å². The van der Waals surface area contributed by atoms with Crippen LogP contribution < -0.4 is 14.8 Å². The monoisotopic (exact) mass is 377 g/mol. The number of carbonyl (C=O) groups excluding carboxylic acids is 1. The van der Waals surface area contributed by atoms with E-state index in [-0.39, 0.29) is 5.91 Å². The molecule has 0 aliphatic rings. The molecule has 0 unspecified atom stereocenters. The van der Waals surface area contributed by atoms with Gasteiger partial charge in [-0.25, -0.2) is 0 Å². The topological polar surface area (TPSA) is 47.6 Å². The predicted octanol–water partition coefficient (Wildman–Crippen LogP) is 4.73. The average molecular weight is 378 g/mol. The first-order valence-electron chi connectivity index (χ1n) is 7.35. The molecule has 23 heavy (non-hydrogen) atoms. The minimum absolute atomic E-state index is 0.199. The fourth-order valence-electron chi connectivity index (χ4n) is 2.16. The third-order valence-corrected chi connectivity index (χ3v) is 4.13. The summed E-state index contributed by atoms with van der Waals surface area (Å²) in [5.41, 5.74) is 3.58. The number of carbonyl (C=O) groups is 1. The van der Waals surface area contributed by atoms with E-state index in [4.69, 9.17) is 9.47 Å². The summed E-state index contributed by atoms with van der Waals surface area (Å²) < 4.78 is 11.5. The van der Waals surface area contributed by atoms with Gasteiger partial charge in [0, 0.05) is 11.3 Å². The quantitative estimate of drug-likeness (QED) is 0.819. The number of hydrogen-bond acceptors (Lipinski definition) is 3. The van der Waals surface area contributed by atoms with Crippen LogP contribution in [-0.4, -0.2) is 19.6 Å². The van der Waals surface area contributed by atoms with Gasteiger partial charge in [0.1, 0.15) is 0 Å². The summed E-state index contributed by atoms with van der Waals surface area (Å²) in [4.78, 5) is 12.5. The van der Waals surface area contributed by atoms with Crippen molar-refractivity contribution in [2.45, 2.75) is 20.8 Å². The van der Waals surface area contributed by atoms with E-state index < -0.39 is 0 Å². The van der Waals surface area contributed by atoms with E-state index in [1.54, 1.807) is 19.2 Å². The van der Waals surface area contributed by atoms with Crippen LogP contribution in [0.4, 0.5) is 5.69 Å². The van der Waals surface area contributed by atoms with Crippen LogP contribution in [0, 0.1) is 13.8 Å². The lowest BCUT2D eigenvalue weighted by Crippen LogP contribution is -2.12. The molecule has 1 amide bonds. The Kier molecular flexibility index (Phi) is 5.66. The summed E-state index contributed by atoms with van der Waals surface area (Å²) in [5.74, 6) is 0.916. The molecule has 0 bridgehead atoms. The van der Waals surface area contributed by atoms with Gasteiger partial charge in [0.05, 0.1) is 18.2 Å². The van der Waals surface area contributed by atoms with Gasteiger partial charge in [-0.05, 0) is 72.1 Å². The van der Waals surface area contributed by atoms with Crippen molar-refractivity contribution >= 4 is 27.5 Å². The normalized spacial score (nSPS) is 10.3. The number of methoxy groups -OCH3 is 1. The van der Waals surface area contributed by atoms with Crippen LogP contribution in [-0.2, 0) is 0 Å². The number of halogens is 1. The van der Waals surface area contributed by atoms with E-state index in [0.29, 0.717) is 28.1 Å². The molecule has 1 N–H and O–H groups in total. The molecule has 0 fully saturated rings. The molecule has 0 saturated heterocycles. The minimum atomic E-state index is -0.199. The van der Waals surface area contributed by atoms with Crippen molar-refractivity contribution in [3.63, 3.8) is 0 Å². The third kappa shape index (κ3) is 4.05. The molecule has 0 aromatic heterocycles. The number of anilines is 1. The number of benzene rings is 2. The zero-order valence-electron chi connectivity index (χ0n) is 13.7. The van der Waals surface area contributed by atoms with Crippen LogP contribution in [0.5, 0.6) is 11.5 Å². The summed E-state index contributed by atoms with van der Waals surface area (Å²) in [7, 11) is 1.55. The standard InChI is InChI=1S/C18H20BrNO3/c1-5-23-17-15(19)9-13(10-16(17)22-4)18(21)20-14-7-6-11(2)12(3)8-14/h6-10H,5H2,1-4H3,(H,20,21). The highest BCUT2D eigenvalue weighted by molar-refractivity contribution is 9.10. The second-order valence-corrected chi connectivity index (χ2v) is 6.03. The second kappa shape index (κ2) is 7.51. The fraction of sp³-hybridized carbons (Fsp3) is 0.278. The molecule has 4 nitrogen and oxygen atoms in total. The van der Waals surface area contributed by atoms with Gasteiger partial charge in [-0.3, -0.25) is 4.79 Å². The van der Waals surface area contributed by atoms with Gasteiger partial charge in [-0.15, -0.1) is 0 Å². The van der Waals surface area contributed by atoms with Crippen molar-refractivity contribution in [1.29, 1.82) is 0 Å². The Balaban J connectivity index is 2.28. The van der Waals surface area contributed by atoms with E-state index in [0.717, 1.165) is 11.3 Å². The lowest BCUT2D eigenvalue weighted by atomic mass is 10.1. The Morgan fingerprint density at radius 1 is 1.17 bits per heavy atom. The van der Waals surface area contributed by atoms with E-state index in [2.05, 4.69) is 21.2 Å². The zero-order valence-corrected chi connectivity index (χ0v) is 15.3. The van der Waals surface area contributed by atoms with Gasteiger partial charge >= 0.3 is 0 Å². The van der Waals surface area contributed by atoms with Crippen molar-refractivity contribution in [2.24, 2.45) is 0 Å². The number of ether oxygens (including phenoxy) is 2. The summed E-state index contributed by atoms with van der Waals surface area (Å²) in [6.45, 7) is 6.46. The fourth-order valence-corrected chi connectivity index (χ4v) is 2.71. The maximum absolute atomic E-state index is 12.5. The maximum Gasteiger partial charge on any atom is 0.255 e. The third-order valence-electron chi connectivity index (χ3n) is 3.55. The van der Waals surface area contributed by atoms with Crippen LogP contribution in [0.15, 0.2) is 34.8 Å². The Hall–Kier alpha value is -2.01. The Morgan fingerprint density at radius 2 is 1.91 bits per heavy atom. The summed E-state index contributed by atoms with van der Waals surface area (Å²) >= 11 is 3.43. The lowest BCUT2D eigenvalue weighted by molar-refractivity contribution is 0.102. The molecule has 0 radical (unpaired) electrons. The van der Waals surface area contributed by atoms with Crippen LogP contribution in [0.2, 0.25) is 0 Å². The molecule has 2 aromatic carbocycles. The molecular weight excluding hydrogens is 358 g/mol. The first-order valence-corrected chi connectivity index (χ1v) is 8.14. The first-order chi connectivity index (χ1) is 11.0. The predicted molar refractivity (Wildman–Crippen MR) is 95.7 cm³/mol. The molecule has 0 aliphatic heterocycles. The van der Waals surface area contributed by atoms with Crippen molar-refractivity contribution in [2.75, 3.05) is 19.0 Å². The van der Waals surface area contributed by atoms with Crippen molar-refractivity contribution in [3.8, 4) is 11.5 Å². The highest BCUT2D eigenvalue weighted by Crippen LogP contribution is 2.36. The van der Waals surface area contributed by atoms with E-state index in [1.165, 1.54) is 5.56 Å². The van der Waals surface area contributed by atoms with Gasteiger partial charge in [0.15, 0.2) is 11.5 Å². The maximum atomic E-state index is 12.5. The number of aryl methyl sites for hydroxylation is 2. The average Bonchev–Trinajstić information content (AvgIpc) is 2.52. The minimum Gasteiger partial charge on any atom is -0.493 e. The highest BCUT2D eigenvalue weighted by atomic mass is 79.9. The summed E-state index contributed by atoms with van der Waals surface area (Å²) in [6.07, 6.45) is 0. The molecule has 0 saturated carbocycles. The Bertz CT molecular complexity index is 728. The summed E-state index contributed by atoms with van der Waals surface area (Å²) in [6, 6.07) is 9.23. The second-order valence-electron chi connectivity index (χ2n) is 5.18. The number of hydrogen-bond donors (Lipinski definition) is 1. The van der Waals surface area contributed by atoms with Gasteiger partial charge in [0.2, 0.25) is 0 Å². The molecule has 0 aliphatic carbocycles. The van der Waals surface area contributed by atoms with Crippen LogP contribution in [0.3, 0.4) is 0 Å². The molecule has 2 rings (SSSR count). The molecule has 0 heterocycles. The van der Waals surface area contributed by atoms with Crippen molar-refractivity contribution in [1.82, 2.24) is 0 Å². The van der Waals surface area contributed by atoms with Crippen LogP contribution >= 0.6 is 15.9 Å². The highest BCUT2D eigenvalue weighted by Gasteiger charge is 2.15. The van der Waals surface area contributed by atoms with Crippen LogP contribution in [0.1, 0.15) is 28.4 Å². The lowest BCUT2D eigenvalue weighted by Gasteiger charge is -2.13. The SMILES string of the molecule is CCOc1c(Br)cc(C(=O)Nc2ccc(C)c(C)c2)cc1OC.